The Morgan fingerprint density at radius 1 is 0.763 bits per heavy atom. The van der Waals surface area contributed by atoms with Crippen molar-refractivity contribution in [2.45, 2.75) is 6.92 Å². The third kappa shape index (κ3) is 5.31. The molecular weight excluding hydrogens is 494 g/mol. The molecule has 1 aliphatic rings. The zero-order chi connectivity index (χ0) is 27.4. The van der Waals surface area contributed by atoms with Crippen molar-refractivity contribution in [2.75, 3.05) is 36.4 Å². The van der Waals surface area contributed by atoms with Crippen LogP contribution in [0.3, 0.4) is 0 Å². The van der Waals surface area contributed by atoms with Gasteiger partial charge in [-0.3, -0.25) is 19.2 Å². The minimum Gasteiger partial charge on any atom is -0.493 e. The summed E-state index contributed by atoms with van der Waals surface area (Å²) in [7, 11) is 2.95. The van der Waals surface area contributed by atoms with Crippen molar-refractivity contribution in [3.63, 3.8) is 0 Å². The molecule has 194 valence electrons. The van der Waals surface area contributed by atoms with E-state index in [9.17, 15) is 24.0 Å². The topological polar surface area (TPSA) is 140 Å². The first-order valence-corrected chi connectivity index (χ1v) is 11.3. The fourth-order valence-electron chi connectivity index (χ4n) is 3.82. The van der Waals surface area contributed by atoms with Crippen molar-refractivity contribution in [1.82, 2.24) is 0 Å². The van der Waals surface area contributed by atoms with Crippen LogP contribution in [-0.4, -0.2) is 50.4 Å². The van der Waals surface area contributed by atoms with Gasteiger partial charge in [0.05, 0.1) is 36.6 Å². The van der Waals surface area contributed by atoms with Crippen LogP contribution >= 0.6 is 0 Å². The van der Waals surface area contributed by atoms with Gasteiger partial charge in [-0.05, 0) is 54.6 Å². The number of anilines is 3. The first-order chi connectivity index (χ1) is 18.2. The molecule has 0 saturated heterocycles. The molecule has 0 unspecified atom stereocenters. The molecule has 0 aromatic heterocycles. The van der Waals surface area contributed by atoms with E-state index in [2.05, 4.69) is 10.6 Å². The normalized spacial score (nSPS) is 12.0. The molecule has 1 aliphatic heterocycles. The summed E-state index contributed by atoms with van der Waals surface area (Å²) in [5.41, 5.74) is 1.40. The van der Waals surface area contributed by atoms with E-state index in [0.717, 1.165) is 4.90 Å². The van der Waals surface area contributed by atoms with Crippen molar-refractivity contribution in [3.05, 3.63) is 77.4 Å². The van der Waals surface area contributed by atoms with Crippen molar-refractivity contribution in [1.29, 1.82) is 0 Å². The number of fused-ring (bicyclic) bond motifs is 1. The standard InChI is InChI=1S/C27H23N3O8/c1-15(31)28-17-5-8-19(9-6-17)30-25(33)20-10-4-16(12-21(20)26(30)34)27(35)38-14-24(32)29-18-7-11-22(36-2)23(13-18)37-3/h4-13H,14H2,1-3H3,(H,28,31)(H,29,32). The van der Waals surface area contributed by atoms with Crippen LogP contribution in [0, 0.1) is 0 Å². The lowest BCUT2D eigenvalue weighted by molar-refractivity contribution is -0.119. The van der Waals surface area contributed by atoms with E-state index in [1.807, 2.05) is 0 Å². The minimum absolute atomic E-state index is 0.00618. The summed E-state index contributed by atoms with van der Waals surface area (Å²) in [6.45, 7) is 0.787. The first-order valence-electron chi connectivity index (χ1n) is 11.3. The summed E-state index contributed by atoms with van der Waals surface area (Å²) < 4.78 is 15.4. The molecule has 11 heteroatoms. The summed E-state index contributed by atoms with van der Waals surface area (Å²) >= 11 is 0. The second-order valence-corrected chi connectivity index (χ2v) is 8.13. The largest absolute Gasteiger partial charge is 0.493 e. The highest BCUT2D eigenvalue weighted by atomic mass is 16.5. The molecule has 0 aliphatic carbocycles. The van der Waals surface area contributed by atoms with Gasteiger partial charge in [-0.1, -0.05) is 0 Å². The molecule has 1 heterocycles. The van der Waals surface area contributed by atoms with Crippen LogP contribution in [0.25, 0.3) is 0 Å². The molecule has 11 nitrogen and oxygen atoms in total. The van der Waals surface area contributed by atoms with Crippen LogP contribution in [0.4, 0.5) is 17.1 Å². The minimum atomic E-state index is -0.839. The predicted octanol–water partition coefficient (Wildman–Crippen LogP) is 3.26. The van der Waals surface area contributed by atoms with Gasteiger partial charge in [-0.2, -0.15) is 0 Å². The van der Waals surface area contributed by atoms with Crippen LogP contribution in [0.1, 0.15) is 38.0 Å². The number of carbonyl (C=O) groups excluding carboxylic acids is 5. The SMILES string of the molecule is COc1ccc(NC(=O)COC(=O)c2ccc3c(c2)C(=O)N(c2ccc(NC(C)=O)cc2)C3=O)cc1OC. The van der Waals surface area contributed by atoms with Gasteiger partial charge in [-0.25, -0.2) is 9.69 Å². The molecule has 4 amide bonds. The molecule has 0 bridgehead atoms. The summed E-state index contributed by atoms with van der Waals surface area (Å²) in [4.78, 5) is 62.9. The fourth-order valence-corrected chi connectivity index (χ4v) is 3.82. The molecule has 0 atom stereocenters. The van der Waals surface area contributed by atoms with Gasteiger partial charge in [0.25, 0.3) is 17.7 Å². The van der Waals surface area contributed by atoms with Gasteiger partial charge < -0.3 is 24.8 Å². The van der Waals surface area contributed by atoms with E-state index in [4.69, 9.17) is 14.2 Å². The van der Waals surface area contributed by atoms with Crippen molar-refractivity contribution in [3.8, 4) is 11.5 Å². The Hall–Kier alpha value is -5.19. The van der Waals surface area contributed by atoms with Gasteiger partial charge in [-0.15, -0.1) is 0 Å². The molecule has 2 N–H and O–H groups in total. The maximum absolute atomic E-state index is 13.0. The Labute approximate surface area is 217 Å². The number of ether oxygens (including phenoxy) is 3. The first kappa shape index (κ1) is 25.9. The number of methoxy groups -OCH3 is 2. The van der Waals surface area contributed by atoms with Gasteiger partial charge in [0, 0.05) is 24.4 Å². The second-order valence-electron chi connectivity index (χ2n) is 8.13. The van der Waals surface area contributed by atoms with Crippen LogP contribution in [0.15, 0.2) is 60.7 Å². The van der Waals surface area contributed by atoms with Gasteiger partial charge in [0.15, 0.2) is 18.1 Å². The van der Waals surface area contributed by atoms with Crippen molar-refractivity contribution in [2.24, 2.45) is 0 Å². The molecule has 0 radical (unpaired) electrons. The molecule has 4 rings (SSSR count). The lowest BCUT2D eigenvalue weighted by Crippen LogP contribution is -2.29. The Kier molecular flexibility index (Phi) is 7.38. The molecule has 3 aromatic rings. The highest BCUT2D eigenvalue weighted by Crippen LogP contribution is 2.31. The van der Waals surface area contributed by atoms with E-state index in [1.54, 1.807) is 30.3 Å². The summed E-state index contributed by atoms with van der Waals surface area (Å²) in [6, 6.07) is 14.9. The smallest absolute Gasteiger partial charge is 0.338 e. The highest BCUT2D eigenvalue weighted by molar-refractivity contribution is 6.34. The average Bonchev–Trinajstić information content (AvgIpc) is 3.16. The maximum atomic E-state index is 13.0. The number of hydrogen-bond acceptors (Lipinski definition) is 8. The Bertz CT molecular complexity index is 1450. The number of benzene rings is 3. The lowest BCUT2D eigenvalue weighted by atomic mass is 10.1. The Balaban J connectivity index is 1.41. The Morgan fingerprint density at radius 3 is 2.08 bits per heavy atom. The summed E-state index contributed by atoms with van der Waals surface area (Å²) in [5, 5.41) is 5.19. The summed E-state index contributed by atoms with van der Waals surface area (Å²) in [6.07, 6.45) is 0. The Morgan fingerprint density at radius 2 is 1.42 bits per heavy atom. The van der Waals surface area contributed by atoms with Crippen LogP contribution in [0.2, 0.25) is 0 Å². The zero-order valence-electron chi connectivity index (χ0n) is 20.7. The number of imide groups is 1. The number of amides is 4. The zero-order valence-corrected chi connectivity index (χ0v) is 20.7. The van der Waals surface area contributed by atoms with Gasteiger partial charge in [0.1, 0.15) is 0 Å². The highest BCUT2D eigenvalue weighted by Gasteiger charge is 2.37. The van der Waals surface area contributed by atoms with E-state index in [1.165, 1.54) is 51.5 Å². The van der Waals surface area contributed by atoms with Gasteiger partial charge in [0.2, 0.25) is 5.91 Å². The number of nitrogens with zero attached hydrogens (tertiary/aromatic N) is 1. The van der Waals surface area contributed by atoms with Gasteiger partial charge >= 0.3 is 5.97 Å². The number of carbonyl (C=O) groups is 5. The van der Waals surface area contributed by atoms with Crippen LogP contribution in [0.5, 0.6) is 11.5 Å². The number of esters is 1. The molecule has 0 fully saturated rings. The molecule has 3 aromatic carbocycles. The number of hydrogen-bond donors (Lipinski definition) is 2. The number of nitrogens with one attached hydrogen (secondary N) is 2. The average molecular weight is 517 g/mol. The third-order valence-electron chi connectivity index (χ3n) is 5.57. The van der Waals surface area contributed by atoms with E-state index >= 15 is 0 Å². The number of rotatable bonds is 8. The lowest BCUT2D eigenvalue weighted by Gasteiger charge is -2.14. The van der Waals surface area contributed by atoms with Crippen molar-refractivity contribution >= 4 is 46.7 Å². The second kappa shape index (κ2) is 10.8. The van der Waals surface area contributed by atoms with E-state index in [0.29, 0.717) is 28.6 Å². The van der Waals surface area contributed by atoms with Crippen LogP contribution < -0.4 is 25.0 Å². The van der Waals surface area contributed by atoms with E-state index in [-0.39, 0.29) is 22.6 Å². The van der Waals surface area contributed by atoms with E-state index < -0.39 is 30.3 Å². The predicted molar refractivity (Wildman–Crippen MR) is 137 cm³/mol. The maximum Gasteiger partial charge on any atom is 0.338 e. The molecule has 38 heavy (non-hydrogen) atoms. The third-order valence-corrected chi connectivity index (χ3v) is 5.57. The van der Waals surface area contributed by atoms with Crippen LogP contribution in [-0.2, 0) is 14.3 Å². The summed E-state index contributed by atoms with van der Waals surface area (Å²) in [5.74, 6) is -1.94. The molecular formula is C27H23N3O8. The quantitative estimate of drug-likeness (QED) is 0.343. The fraction of sp³-hybridized carbons (Fsp3) is 0.148. The molecule has 0 saturated carbocycles. The molecule has 0 spiro atoms. The monoisotopic (exact) mass is 517 g/mol. The van der Waals surface area contributed by atoms with Crippen molar-refractivity contribution < 1.29 is 38.2 Å².